The Morgan fingerprint density at radius 1 is 1.36 bits per heavy atom. The van der Waals surface area contributed by atoms with E-state index < -0.39 is 6.04 Å². The van der Waals surface area contributed by atoms with Crippen LogP contribution in [-0.2, 0) is 11.3 Å². The highest BCUT2D eigenvalue weighted by atomic mass is 16.3. The fourth-order valence-corrected chi connectivity index (χ4v) is 3.10. The van der Waals surface area contributed by atoms with Gasteiger partial charge in [-0.3, -0.25) is 9.59 Å². The minimum absolute atomic E-state index is 0.147. The predicted molar refractivity (Wildman–Crippen MR) is 93.2 cm³/mol. The van der Waals surface area contributed by atoms with Gasteiger partial charge in [-0.15, -0.1) is 0 Å². The lowest BCUT2D eigenvalue weighted by molar-refractivity contribution is -0.125. The number of hydrogen-bond acceptors (Lipinski definition) is 5. The highest BCUT2D eigenvalue weighted by molar-refractivity contribution is 5.96. The molecular formula is C18H22N4O3. The van der Waals surface area contributed by atoms with Crippen LogP contribution in [0.4, 0.5) is 5.82 Å². The molecule has 1 aliphatic rings. The first-order chi connectivity index (χ1) is 12.1. The zero-order valence-electron chi connectivity index (χ0n) is 14.4. The van der Waals surface area contributed by atoms with Crippen LogP contribution in [0.5, 0.6) is 0 Å². The molecule has 2 aromatic heterocycles. The molecule has 1 saturated heterocycles. The van der Waals surface area contributed by atoms with Crippen LogP contribution >= 0.6 is 0 Å². The molecular weight excluding hydrogens is 320 g/mol. The zero-order chi connectivity index (χ0) is 17.8. The van der Waals surface area contributed by atoms with Gasteiger partial charge in [0.25, 0.3) is 5.91 Å². The van der Waals surface area contributed by atoms with Gasteiger partial charge in [0.2, 0.25) is 5.91 Å². The number of carbonyl (C=O) groups excluding carboxylic acids is 2. The summed E-state index contributed by atoms with van der Waals surface area (Å²) in [5.74, 6) is 0.698. The minimum Gasteiger partial charge on any atom is -0.459 e. The van der Waals surface area contributed by atoms with Crippen molar-refractivity contribution < 1.29 is 14.0 Å². The summed E-state index contributed by atoms with van der Waals surface area (Å²) in [5, 5.41) is 2.94. The third-order valence-corrected chi connectivity index (χ3v) is 4.29. The number of furan rings is 1. The average Bonchev–Trinajstić information content (AvgIpc) is 3.30. The Morgan fingerprint density at radius 2 is 2.20 bits per heavy atom. The van der Waals surface area contributed by atoms with E-state index in [-0.39, 0.29) is 17.6 Å². The molecule has 3 rings (SSSR count). The summed E-state index contributed by atoms with van der Waals surface area (Å²) < 4.78 is 5.17. The second kappa shape index (κ2) is 7.38. The molecule has 7 nitrogen and oxygen atoms in total. The number of likely N-dealkylation sites (tertiary alicyclic amines) is 1. The van der Waals surface area contributed by atoms with E-state index in [2.05, 4.69) is 10.3 Å². The standard InChI is InChI=1S/C18H22N4O3/c1-21(2)16-13(6-3-9-19-16)12-20-17(23)14-7-4-10-22(14)18(24)15-8-5-11-25-15/h3,5-6,8-9,11,14H,4,7,10,12H2,1-2H3,(H,20,23)/t14-/m1/s1. The number of nitrogens with one attached hydrogen (secondary N) is 1. The molecule has 132 valence electrons. The second-order valence-corrected chi connectivity index (χ2v) is 6.23. The van der Waals surface area contributed by atoms with Gasteiger partial charge in [-0.25, -0.2) is 4.98 Å². The van der Waals surface area contributed by atoms with Crippen molar-refractivity contribution in [2.45, 2.75) is 25.4 Å². The number of pyridine rings is 1. The fraction of sp³-hybridized carbons (Fsp3) is 0.389. The van der Waals surface area contributed by atoms with Crippen molar-refractivity contribution in [3.8, 4) is 0 Å². The van der Waals surface area contributed by atoms with Gasteiger partial charge in [0.15, 0.2) is 5.76 Å². The first-order valence-electron chi connectivity index (χ1n) is 8.31. The molecule has 2 aromatic rings. The molecule has 1 atom stereocenters. The van der Waals surface area contributed by atoms with Crippen molar-refractivity contribution in [2.75, 3.05) is 25.5 Å². The largest absolute Gasteiger partial charge is 0.459 e. The maximum atomic E-state index is 12.6. The molecule has 1 N–H and O–H groups in total. The van der Waals surface area contributed by atoms with Gasteiger partial charge in [0, 0.05) is 38.9 Å². The van der Waals surface area contributed by atoms with Crippen LogP contribution in [0.2, 0.25) is 0 Å². The number of nitrogens with zero attached hydrogens (tertiary/aromatic N) is 3. The van der Waals surface area contributed by atoms with E-state index in [0.29, 0.717) is 19.5 Å². The number of aromatic nitrogens is 1. The summed E-state index contributed by atoms with van der Waals surface area (Å²) in [5.41, 5.74) is 0.933. The molecule has 0 radical (unpaired) electrons. The molecule has 2 amide bonds. The van der Waals surface area contributed by atoms with Gasteiger partial charge >= 0.3 is 0 Å². The van der Waals surface area contributed by atoms with Gasteiger partial charge in [-0.05, 0) is 31.0 Å². The van der Waals surface area contributed by atoms with Gasteiger partial charge < -0.3 is 19.5 Å². The van der Waals surface area contributed by atoms with Crippen LogP contribution in [0, 0.1) is 0 Å². The van der Waals surface area contributed by atoms with E-state index in [1.54, 1.807) is 23.2 Å². The first kappa shape index (κ1) is 17.0. The van der Waals surface area contributed by atoms with E-state index >= 15 is 0 Å². The highest BCUT2D eigenvalue weighted by Crippen LogP contribution is 2.21. The van der Waals surface area contributed by atoms with E-state index in [4.69, 9.17) is 4.42 Å². The molecule has 0 spiro atoms. The maximum absolute atomic E-state index is 12.6. The van der Waals surface area contributed by atoms with Crippen LogP contribution in [0.15, 0.2) is 41.1 Å². The van der Waals surface area contributed by atoms with E-state index in [0.717, 1.165) is 17.8 Å². The lowest BCUT2D eigenvalue weighted by atomic mass is 10.2. The summed E-state index contributed by atoms with van der Waals surface area (Å²) in [6.07, 6.45) is 4.65. The van der Waals surface area contributed by atoms with Crippen molar-refractivity contribution in [1.82, 2.24) is 15.2 Å². The zero-order valence-corrected chi connectivity index (χ0v) is 14.4. The van der Waals surface area contributed by atoms with Crippen LogP contribution in [0.25, 0.3) is 0 Å². The predicted octanol–water partition coefficient (Wildman–Crippen LogP) is 1.66. The van der Waals surface area contributed by atoms with Crippen LogP contribution in [0.3, 0.4) is 0 Å². The highest BCUT2D eigenvalue weighted by Gasteiger charge is 2.35. The SMILES string of the molecule is CN(C)c1ncccc1CNC(=O)[C@H]1CCCN1C(=O)c1ccco1. The smallest absolute Gasteiger partial charge is 0.290 e. The summed E-state index contributed by atoms with van der Waals surface area (Å²) >= 11 is 0. The molecule has 0 bridgehead atoms. The monoisotopic (exact) mass is 342 g/mol. The van der Waals surface area contributed by atoms with E-state index in [1.807, 2.05) is 31.1 Å². The number of anilines is 1. The molecule has 3 heterocycles. The number of rotatable bonds is 5. The Hall–Kier alpha value is -2.83. The Kier molecular flexibility index (Phi) is 5.02. The number of hydrogen-bond donors (Lipinski definition) is 1. The summed E-state index contributed by atoms with van der Waals surface area (Å²) in [6, 6.07) is 6.61. The van der Waals surface area contributed by atoms with Gasteiger partial charge in [-0.2, -0.15) is 0 Å². The maximum Gasteiger partial charge on any atom is 0.290 e. The van der Waals surface area contributed by atoms with Crippen molar-refractivity contribution in [3.05, 3.63) is 48.0 Å². The molecule has 7 heteroatoms. The second-order valence-electron chi connectivity index (χ2n) is 6.23. The Labute approximate surface area is 146 Å². The number of carbonyl (C=O) groups is 2. The quantitative estimate of drug-likeness (QED) is 0.894. The van der Waals surface area contributed by atoms with Crippen molar-refractivity contribution >= 4 is 17.6 Å². The van der Waals surface area contributed by atoms with Crippen molar-refractivity contribution in [1.29, 1.82) is 0 Å². The molecule has 0 unspecified atom stereocenters. The molecule has 0 aliphatic carbocycles. The minimum atomic E-state index is -0.461. The summed E-state index contributed by atoms with van der Waals surface area (Å²) in [6.45, 7) is 0.937. The molecule has 0 aromatic carbocycles. The topological polar surface area (TPSA) is 78.7 Å². The van der Waals surface area contributed by atoms with Gasteiger partial charge in [-0.1, -0.05) is 6.07 Å². The van der Waals surface area contributed by atoms with Crippen molar-refractivity contribution in [3.63, 3.8) is 0 Å². The molecule has 25 heavy (non-hydrogen) atoms. The number of amides is 2. The van der Waals surface area contributed by atoms with Crippen LogP contribution < -0.4 is 10.2 Å². The summed E-state index contributed by atoms with van der Waals surface area (Å²) in [7, 11) is 3.82. The summed E-state index contributed by atoms with van der Waals surface area (Å²) in [4.78, 5) is 32.9. The lowest BCUT2D eigenvalue weighted by Crippen LogP contribution is -2.45. The Morgan fingerprint density at radius 3 is 2.92 bits per heavy atom. The first-order valence-corrected chi connectivity index (χ1v) is 8.31. The van der Waals surface area contributed by atoms with Gasteiger partial charge in [0.1, 0.15) is 11.9 Å². The Balaban J connectivity index is 1.66. The molecule has 0 saturated carbocycles. The van der Waals surface area contributed by atoms with Crippen LogP contribution in [0.1, 0.15) is 29.0 Å². The normalized spacial score (nSPS) is 16.7. The van der Waals surface area contributed by atoms with E-state index in [9.17, 15) is 9.59 Å². The average molecular weight is 342 g/mol. The van der Waals surface area contributed by atoms with Crippen molar-refractivity contribution in [2.24, 2.45) is 0 Å². The third-order valence-electron chi connectivity index (χ3n) is 4.29. The fourth-order valence-electron chi connectivity index (χ4n) is 3.10. The lowest BCUT2D eigenvalue weighted by Gasteiger charge is -2.23. The van der Waals surface area contributed by atoms with Gasteiger partial charge in [0.05, 0.1) is 6.26 Å². The Bertz CT molecular complexity index is 743. The van der Waals surface area contributed by atoms with E-state index in [1.165, 1.54) is 6.26 Å². The molecule has 1 aliphatic heterocycles. The third kappa shape index (κ3) is 3.65. The van der Waals surface area contributed by atoms with Crippen LogP contribution in [-0.4, -0.2) is 48.4 Å². The molecule has 1 fully saturated rings.